The zero-order valence-corrected chi connectivity index (χ0v) is 14.2. The molecule has 1 fully saturated rings. The highest BCUT2D eigenvalue weighted by Gasteiger charge is 2.24. The normalized spacial score (nSPS) is 16.5. The minimum atomic E-state index is -0.332. The Morgan fingerprint density at radius 1 is 1.43 bits per heavy atom. The van der Waals surface area contributed by atoms with Crippen molar-refractivity contribution in [2.75, 3.05) is 13.1 Å². The number of piperidine rings is 1. The summed E-state index contributed by atoms with van der Waals surface area (Å²) in [5.74, 6) is -0.236. The first-order valence-electron chi connectivity index (χ1n) is 8.23. The van der Waals surface area contributed by atoms with Crippen LogP contribution in [0, 0.1) is 25.2 Å². The molecule has 0 unspecified atom stereocenters. The Kier molecular flexibility index (Phi) is 5.62. The Hall–Kier alpha value is -2.06. The van der Waals surface area contributed by atoms with Crippen LogP contribution >= 0.6 is 0 Å². The molecule has 1 aromatic rings. The molecule has 1 aliphatic rings. The highest BCUT2D eigenvalue weighted by molar-refractivity contribution is 6.01. The van der Waals surface area contributed by atoms with Gasteiger partial charge in [0.15, 0.2) is 0 Å². The second kappa shape index (κ2) is 7.47. The van der Waals surface area contributed by atoms with Crippen LogP contribution in [0.25, 0.3) is 6.08 Å². The molecule has 23 heavy (non-hydrogen) atoms. The Bertz CT molecular complexity index is 644. The summed E-state index contributed by atoms with van der Waals surface area (Å²) in [6.45, 7) is 8.14. The average Bonchev–Trinajstić information content (AvgIpc) is 2.80. The van der Waals surface area contributed by atoms with Crippen LogP contribution < -0.4 is 0 Å². The molecule has 0 bridgehead atoms. The molecule has 0 saturated carbocycles. The van der Waals surface area contributed by atoms with Gasteiger partial charge in [0.1, 0.15) is 11.6 Å². The third-order valence-corrected chi connectivity index (χ3v) is 4.46. The number of nitrogens with zero attached hydrogens (tertiary/aromatic N) is 3. The van der Waals surface area contributed by atoms with Gasteiger partial charge >= 0.3 is 0 Å². The minimum absolute atomic E-state index is 0.165. The van der Waals surface area contributed by atoms with Crippen LogP contribution in [-0.2, 0) is 11.3 Å². The maximum absolute atomic E-state index is 12.5. The smallest absolute Gasteiger partial charge is 0.264 e. The number of aromatic nitrogens is 1. The first kappa shape index (κ1) is 17.3. The molecule has 0 aromatic carbocycles. The van der Waals surface area contributed by atoms with Gasteiger partial charge in [-0.3, -0.25) is 4.79 Å². The third-order valence-electron chi connectivity index (χ3n) is 4.46. The van der Waals surface area contributed by atoms with Gasteiger partial charge in [-0.2, -0.15) is 5.26 Å². The zero-order valence-electron chi connectivity index (χ0n) is 14.2. The lowest BCUT2D eigenvalue weighted by atomic mass is 10.1. The van der Waals surface area contributed by atoms with Gasteiger partial charge in [-0.05, 0) is 50.8 Å². The zero-order chi connectivity index (χ0) is 17.0. The van der Waals surface area contributed by atoms with Crippen molar-refractivity contribution in [1.29, 1.82) is 5.26 Å². The Morgan fingerprint density at radius 3 is 2.65 bits per heavy atom. The molecule has 124 valence electrons. The van der Waals surface area contributed by atoms with Crippen LogP contribution in [0.2, 0.25) is 0 Å². The quantitative estimate of drug-likeness (QED) is 0.685. The van der Waals surface area contributed by atoms with Crippen LogP contribution in [0.15, 0.2) is 11.6 Å². The van der Waals surface area contributed by atoms with Gasteiger partial charge < -0.3 is 14.6 Å². The summed E-state index contributed by atoms with van der Waals surface area (Å²) in [7, 11) is 0. The Labute approximate surface area is 137 Å². The van der Waals surface area contributed by atoms with Crippen molar-refractivity contribution in [3.05, 3.63) is 28.6 Å². The molecule has 0 radical (unpaired) electrons. The summed E-state index contributed by atoms with van der Waals surface area (Å²) in [5.41, 5.74) is 3.32. The van der Waals surface area contributed by atoms with Gasteiger partial charge in [0, 0.05) is 31.0 Å². The third kappa shape index (κ3) is 3.83. The molecule has 2 heterocycles. The van der Waals surface area contributed by atoms with Gasteiger partial charge in [-0.1, -0.05) is 6.92 Å². The summed E-state index contributed by atoms with van der Waals surface area (Å²) in [5, 5.41) is 18.9. The highest BCUT2D eigenvalue weighted by Crippen LogP contribution is 2.20. The van der Waals surface area contributed by atoms with Crippen molar-refractivity contribution in [3.8, 4) is 6.07 Å². The molecule has 0 aliphatic carbocycles. The van der Waals surface area contributed by atoms with Crippen molar-refractivity contribution in [1.82, 2.24) is 9.47 Å². The first-order chi connectivity index (χ1) is 11.0. The average molecular weight is 315 g/mol. The summed E-state index contributed by atoms with van der Waals surface area (Å²) >= 11 is 0. The van der Waals surface area contributed by atoms with Gasteiger partial charge in [-0.15, -0.1) is 0 Å². The van der Waals surface area contributed by atoms with Gasteiger partial charge in [0.25, 0.3) is 5.91 Å². The monoisotopic (exact) mass is 315 g/mol. The van der Waals surface area contributed by atoms with E-state index in [0.29, 0.717) is 25.9 Å². The summed E-state index contributed by atoms with van der Waals surface area (Å²) < 4.78 is 2.21. The van der Waals surface area contributed by atoms with E-state index < -0.39 is 0 Å². The van der Waals surface area contributed by atoms with Crippen molar-refractivity contribution < 1.29 is 9.90 Å². The van der Waals surface area contributed by atoms with Crippen molar-refractivity contribution in [2.24, 2.45) is 0 Å². The van der Waals surface area contributed by atoms with E-state index in [1.165, 1.54) is 0 Å². The van der Waals surface area contributed by atoms with E-state index in [9.17, 15) is 15.2 Å². The maximum atomic E-state index is 12.5. The molecule has 2 rings (SSSR count). The molecule has 1 saturated heterocycles. The Balaban J connectivity index is 2.24. The van der Waals surface area contributed by atoms with E-state index in [0.717, 1.165) is 29.9 Å². The summed E-state index contributed by atoms with van der Waals surface area (Å²) in [6.07, 6.45) is 3.56. The summed E-state index contributed by atoms with van der Waals surface area (Å²) in [4.78, 5) is 14.2. The number of aliphatic hydroxyl groups is 1. The molecule has 5 heteroatoms. The fraction of sp³-hybridized carbons (Fsp3) is 0.556. The lowest BCUT2D eigenvalue weighted by molar-refractivity contribution is -0.128. The predicted molar refractivity (Wildman–Crippen MR) is 89.6 cm³/mol. The molecule has 5 nitrogen and oxygen atoms in total. The fourth-order valence-electron chi connectivity index (χ4n) is 3.08. The highest BCUT2D eigenvalue weighted by atomic mass is 16.3. The molecule has 0 spiro atoms. The first-order valence-corrected chi connectivity index (χ1v) is 8.23. The van der Waals surface area contributed by atoms with Gasteiger partial charge in [-0.25, -0.2) is 0 Å². The van der Waals surface area contributed by atoms with E-state index >= 15 is 0 Å². The van der Waals surface area contributed by atoms with E-state index in [4.69, 9.17) is 0 Å². The lowest BCUT2D eigenvalue weighted by Crippen LogP contribution is -2.40. The number of nitriles is 1. The maximum Gasteiger partial charge on any atom is 0.264 e. The van der Waals surface area contributed by atoms with E-state index in [-0.39, 0.29) is 17.6 Å². The van der Waals surface area contributed by atoms with Crippen LogP contribution in [0.4, 0.5) is 0 Å². The van der Waals surface area contributed by atoms with Crippen LogP contribution in [0.1, 0.15) is 43.1 Å². The number of aryl methyl sites for hydroxylation is 1. The Morgan fingerprint density at radius 2 is 2.09 bits per heavy atom. The molecule has 1 aromatic heterocycles. The molecule has 1 N–H and O–H groups in total. The standard InChI is InChI=1S/C18H25N3O2/c1-4-7-21-13(2)10-15(14(21)3)11-16(12-19)18(23)20-8-5-17(22)6-9-20/h10-11,17,22H,4-9H2,1-3H3. The van der Waals surface area contributed by atoms with Crippen LogP contribution in [-0.4, -0.2) is 39.7 Å². The number of carbonyl (C=O) groups excluding carboxylic acids is 1. The van der Waals surface area contributed by atoms with E-state index in [1.807, 2.05) is 26.0 Å². The fourth-order valence-corrected chi connectivity index (χ4v) is 3.08. The van der Waals surface area contributed by atoms with Gasteiger partial charge in [0.05, 0.1) is 6.10 Å². The summed E-state index contributed by atoms with van der Waals surface area (Å²) in [6, 6.07) is 4.07. The van der Waals surface area contributed by atoms with E-state index in [2.05, 4.69) is 11.5 Å². The second-order valence-electron chi connectivity index (χ2n) is 6.17. The van der Waals surface area contributed by atoms with E-state index in [1.54, 1.807) is 11.0 Å². The topological polar surface area (TPSA) is 69.3 Å². The lowest BCUT2D eigenvalue weighted by Gasteiger charge is -2.29. The van der Waals surface area contributed by atoms with Crippen molar-refractivity contribution in [2.45, 2.75) is 52.7 Å². The number of rotatable bonds is 4. The number of carbonyl (C=O) groups is 1. The molecule has 0 atom stereocenters. The number of likely N-dealkylation sites (tertiary alicyclic amines) is 1. The number of hydrogen-bond acceptors (Lipinski definition) is 3. The van der Waals surface area contributed by atoms with Crippen molar-refractivity contribution in [3.63, 3.8) is 0 Å². The van der Waals surface area contributed by atoms with Crippen molar-refractivity contribution >= 4 is 12.0 Å². The van der Waals surface area contributed by atoms with Crippen LogP contribution in [0.5, 0.6) is 0 Å². The molecule has 1 amide bonds. The van der Waals surface area contributed by atoms with Crippen LogP contribution in [0.3, 0.4) is 0 Å². The predicted octanol–water partition coefficient (Wildman–Crippen LogP) is 2.41. The number of hydrogen-bond donors (Lipinski definition) is 1. The largest absolute Gasteiger partial charge is 0.393 e. The molecular formula is C18H25N3O2. The second-order valence-corrected chi connectivity index (χ2v) is 6.17. The SMILES string of the molecule is CCCn1c(C)cc(C=C(C#N)C(=O)N2CCC(O)CC2)c1C. The minimum Gasteiger partial charge on any atom is -0.393 e. The number of aliphatic hydroxyl groups excluding tert-OH is 1. The molecule has 1 aliphatic heterocycles. The van der Waals surface area contributed by atoms with Gasteiger partial charge in [0.2, 0.25) is 0 Å². The molecular weight excluding hydrogens is 290 g/mol. The number of amides is 1.